The Morgan fingerprint density at radius 3 is 1.79 bits per heavy atom. The molecule has 2 aliphatic carbocycles. The molecular weight excluding hydrogens is 673 g/mol. The van der Waals surface area contributed by atoms with Gasteiger partial charge < -0.3 is 8.85 Å². The number of rotatable bonds is 12. The van der Waals surface area contributed by atoms with E-state index in [1.54, 1.807) is 0 Å². The molecule has 5 heteroatoms. The van der Waals surface area contributed by atoms with Gasteiger partial charge in [0.25, 0.3) is 8.32 Å². The highest BCUT2D eigenvalue weighted by atomic mass is 79.9. The quantitative estimate of drug-likeness (QED) is 0.123. The molecule has 0 amide bonds. The smallest absolute Gasteiger partial charge is 0.261 e. The molecule has 2 aromatic carbocycles. The summed E-state index contributed by atoms with van der Waals surface area (Å²) < 4.78 is 15.6. The molecule has 4 rings (SSSR count). The maximum absolute atomic E-state index is 7.83. The van der Waals surface area contributed by atoms with Gasteiger partial charge in [0.05, 0.1) is 0 Å². The molecule has 0 N–H and O–H groups in total. The van der Waals surface area contributed by atoms with Crippen LogP contribution in [0.15, 0.2) is 72.3 Å². The largest absolute Gasteiger partial charge is 0.413 e. The summed E-state index contributed by atoms with van der Waals surface area (Å²) in [4.78, 5) is 0. The topological polar surface area (TPSA) is 18.5 Å². The number of hydrogen-bond donors (Lipinski definition) is 0. The Morgan fingerprint density at radius 2 is 1.34 bits per heavy atom. The molecule has 2 nitrogen and oxygen atoms in total. The van der Waals surface area contributed by atoms with Crippen LogP contribution >= 0.6 is 15.9 Å². The molecule has 1 unspecified atom stereocenters. The van der Waals surface area contributed by atoms with E-state index in [9.17, 15) is 0 Å². The van der Waals surface area contributed by atoms with Crippen LogP contribution in [0.4, 0.5) is 0 Å². The molecule has 7 atom stereocenters. The lowest BCUT2D eigenvalue weighted by atomic mass is 9.53. The first-order chi connectivity index (χ1) is 22.1. The molecule has 47 heavy (non-hydrogen) atoms. The second-order valence-corrected chi connectivity index (χ2v) is 27.6. The first-order valence-electron chi connectivity index (χ1n) is 18.8. The molecule has 0 heterocycles. The lowest BCUT2D eigenvalue weighted by molar-refractivity contribution is -0.0808. The Labute approximate surface area is 300 Å². The number of alkyl halides is 1. The molecular formula is C42H67BrO2Si2. The Hall–Kier alpha value is -0.986. The highest BCUT2D eigenvalue weighted by Crippen LogP contribution is 2.56. The van der Waals surface area contributed by atoms with E-state index in [1.165, 1.54) is 35.2 Å². The fourth-order valence-corrected chi connectivity index (χ4v) is 21.6. The van der Waals surface area contributed by atoms with Crippen molar-refractivity contribution in [1.29, 1.82) is 0 Å². The van der Waals surface area contributed by atoms with Crippen LogP contribution in [0.3, 0.4) is 0 Å². The summed E-state index contributed by atoms with van der Waals surface area (Å²) in [5.74, 6) is 3.38. The molecule has 0 aromatic heterocycles. The van der Waals surface area contributed by atoms with E-state index in [-0.39, 0.29) is 5.04 Å². The molecule has 2 fully saturated rings. The minimum Gasteiger partial charge on any atom is -0.413 e. The average Bonchev–Trinajstić information content (AvgIpc) is 3.00. The lowest BCUT2D eigenvalue weighted by Gasteiger charge is -2.57. The fraction of sp³-hybridized carbons (Fsp3) is 0.667. The minimum atomic E-state index is -2.67. The molecule has 2 aliphatic rings. The SMILES string of the molecule is CC(=CCBr)C1[C@@H](CO[Si](c2ccccc2)(c2ccccc2)C(C)(C)C)[C@H]2[C@@H](C[C@@H]1C)[C@@H](O[Si](C(C)C)(C(C)C)C(C)C)CC[C@@H]2C. The summed E-state index contributed by atoms with van der Waals surface area (Å²) in [5.41, 5.74) is 3.35. The Morgan fingerprint density at radius 1 is 0.830 bits per heavy atom. The summed E-state index contributed by atoms with van der Waals surface area (Å²) in [6.45, 7) is 30.2. The lowest BCUT2D eigenvalue weighted by Crippen LogP contribution is -2.67. The van der Waals surface area contributed by atoms with Gasteiger partial charge in [0, 0.05) is 18.0 Å². The standard InChI is InChI=1S/C42H67BrO2Si2/c1-29(2)46(30(3)4,31(5)6)45-39-24-23-32(7)41-37(39)27-34(9)40(33(8)25-26-43)38(41)28-44-47(42(10,11)12,35-19-15-13-16-20-35)36-21-17-14-18-22-36/h13-22,25,29-32,34,37-41H,23-24,26-28H2,1-12H3/t32-,34-,37-,38+,39-,40?,41+/m0/s1. The van der Waals surface area contributed by atoms with E-state index in [0.717, 1.165) is 11.9 Å². The maximum atomic E-state index is 7.83. The fourth-order valence-electron chi connectivity index (χ4n) is 10.8. The van der Waals surface area contributed by atoms with Gasteiger partial charge >= 0.3 is 0 Å². The van der Waals surface area contributed by atoms with Crippen LogP contribution in [0.5, 0.6) is 0 Å². The maximum Gasteiger partial charge on any atom is 0.261 e. The second-order valence-electron chi connectivity index (χ2n) is 17.2. The zero-order chi connectivity index (χ0) is 34.7. The van der Waals surface area contributed by atoms with Crippen LogP contribution < -0.4 is 10.4 Å². The van der Waals surface area contributed by atoms with E-state index >= 15 is 0 Å². The summed E-state index contributed by atoms with van der Waals surface area (Å²) in [7, 11) is -4.68. The summed E-state index contributed by atoms with van der Waals surface area (Å²) >= 11 is 3.76. The second kappa shape index (κ2) is 15.9. The van der Waals surface area contributed by atoms with E-state index in [2.05, 4.69) is 166 Å². The van der Waals surface area contributed by atoms with Crippen molar-refractivity contribution >= 4 is 42.9 Å². The Balaban J connectivity index is 1.83. The van der Waals surface area contributed by atoms with Crippen LogP contribution in [0.25, 0.3) is 0 Å². The number of hydrogen-bond acceptors (Lipinski definition) is 2. The van der Waals surface area contributed by atoms with Gasteiger partial charge in [0.1, 0.15) is 0 Å². The molecule has 0 bridgehead atoms. The third kappa shape index (κ3) is 7.55. The van der Waals surface area contributed by atoms with Gasteiger partial charge in [0.2, 0.25) is 8.32 Å². The highest BCUT2D eigenvalue weighted by molar-refractivity contribution is 9.09. The third-order valence-corrected chi connectivity index (χ3v) is 24.1. The zero-order valence-electron chi connectivity index (χ0n) is 31.9. The first-order valence-corrected chi connectivity index (χ1v) is 24.0. The predicted octanol–water partition coefficient (Wildman–Crippen LogP) is 11.4. The van der Waals surface area contributed by atoms with Crippen molar-refractivity contribution in [3.05, 3.63) is 72.3 Å². The van der Waals surface area contributed by atoms with Crippen LogP contribution in [0, 0.1) is 35.5 Å². The summed E-state index contributed by atoms with van der Waals surface area (Å²) in [6.07, 6.45) is 6.51. The molecule has 0 radical (unpaired) electrons. The van der Waals surface area contributed by atoms with E-state index in [4.69, 9.17) is 8.85 Å². The zero-order valence-corrected chi connectivity index (χ0v) is 35.4. The van der Waals surface area contributed by atoms with Crippen molar-refractivity contribution in [3.8, 4) is 0 Å². The van der Waals surface area contributed by atoms with Gasteiger partial charge in [-0.3, -0.25) is 0 Å². The number of allylic oxidation sites excluding steroid dienone is 2. The van der Waals surface area contributed by atoms with Crippen molar-refractivity contribution in [2.24, 2.45) is 35.5 Å². The Bertz CT molecular complexity index is 1220. The molecule has 2 saturated carbocycles. The minimum absolute atomic E-state index is 0.0353. The van der Waals surface area contributed by atoms with Gasteiger partial charge in [-0.05, 0) is 93.7 Å². The van der Waals surface area contributed by atoms with Gasteiger partial charge in [-0.2, -0.15) is 0 Å². The monoisotopic (exact) mass is 738 g/mol. The predicted molar refractivity (Wildman–Crippen MR) is 213 cm³/mol. The molecule has 0 saturated heterocycles. The highest BCUT2D eigenvalue weighted by Gasteiger charge is 2.56. The van der Waals surface area contributed by atoms with E-state index < -0.39 is 16.6 Å². The molecule has 0 spiro atoms. The van der Waals surface area contributed by atoms with Crippen LogP contribution in [0.1, 0.15) is 102 Å². The normalized spacial score (nSPS) is 27.8. The van der Waals surface area contributed by atoms with Gasteiger partial charge in [-0.1, -0.05) is 164 Å². The van der Waals surface area contributed by atoms with Crippen molar-refractivity contribution < 1.29 is 8.85 Å². The van der Waals surface area contributed by atoms with Crippen molar-refractivity contribution in [2.45, 2.75) is 130 Å². The van der Waals surface area contributed by atoms with Crippen molar-refractivity contribution in [3.63, 3.8) is 0 Å². The first kappa shape index (κ1) is 38.8. The third-order valence-electron chi connectivity index (χ3n) is 12.6. The number of fused-ring (bicyclic) bond motifs is 1. The van der Waals surface area contributed by atoms with Crippen molar-refractivity contribution in [2.75, 3.05) is 11.9 Å². The van der Waals surface area contributed by atoms with Crippen molar-refractivity contribution in [1.82, 2.24) is 0 Å². The van der Waals surface area contributed by atoms with Crippen LogP contribution in [-0.4, -0.2) is 34.7 Å². The van der Waals surface area contributed by atoms with Gasteiger partial charge in [0.15, 0.2) is 0 Å². The number of halogens is 1. The van der Waals surface area contributed by atoms with Gasteiger partial charge in [-0.15, -0.1) is 0 Å². The molecule has 0 aliphatic heterocycles. The van der Waals surface area contributed by atoms with E-state index in [1.807, 2.05) is 0 Å². The number of benzene rings is 2. The van der Waals surface area contributed by atoms with Crippen LogP contribution in [-0.2, 0) is 8.85 Å². The molecule has 2 aromatic rings. The summed E-state index contributed by atoms with van der Waals surface area (Å²) in [5, 5.41) is 3.63. The van der Waals surface area contributed by atoms with Crippen LogP contribution in [0.2, 0.25) is 21.7 Å². The Kier molecular flexibility index (Phi) is 13.1. The van der Waals surface area contributed by atoms with Gasteiger partial charge in [-0.25, -0.2) is 0 Å². The summed E-state index contributed by atoms with van der Waals surface area (Å²) in [6, 6.07) is 22.5. The van der Waals surface area contributed by atoms with E-state index in [0.29, 0.717) is 58.2 Å². The average molecular weight is 740 g/mol. The molecule has 262 valence electrons.